The van der Waals surface area contributed by atoms with Gasteiger partial charge in [0, 0.05) is 6.54 Å². The van der Waals surface area contributed by atoms with E-state index in [0.29, 0.717) is 5.41 Å². The largest absolute Gasteiger partial charge is 0.396 e. The molecule has 0 atom stereocenters. The second-order valence-electron chi connectivity index (χ2n) is 4.36. The van der Waals surface area contributed by atoms with E-state index in [1.54, 1.807) is 6.20 Å². The quantitative estimate of drug-likeness (QED) is 0.632. The van der Waals surface area contributed by atoms with Gasteiger partial charge in [0.2, 0.25) is 0 Å². The van der Waals surface area contributed by atoms with Gasteiger partial charge in [0.1, 0.15) is 0 Å². The third kappa shape index (κ3) is 1.09. The average Bonchev–Trinajstić information content (AvgIpc) is 2.31. The van der Waals surface area contributed by atoms with Crippen molar-refractivity contribution >= 4 is 5.69 Å². The van der Waals surface area contributed by atoms with Gasteiger partial charge in [-0.25, -0.2) is 0 Å². The van der Waals surface area contributed by atoms with Gasteiger partial charge in [-0.3, -0.25) is 4.68 Å². The molecule has 1 aliphatic heterocycles. The van der Waals surface area contributed by atoms with Crippen LogP contribution in [0, 0.1) is 5.41 Å². The number of rotatable bonds is 0. The monoisotopic (exact) mass is 165 g/mol. The molecule has 0 spiro atoms. The summed E-state index contributed by atoms with van der Waals surface area (Å²) in [6, 6.07) is 0. The van der Waals surface area contributed by atoms with Crippen molar-refractivity contribution in [2.75, 3.05) is 5.73 Å². The molecule has 1 aromatic heterocycles. The molecule has 2 N–H and O–H groups in total. The van der Waals surface area contributed by atoms with Gasteiger partial charge in [-0.2, -0.15) is 5.10 Å². The van der Waals surface area contributed by atoms with Gasteiger partial charge in [0.25, 0.3) is 0 Å². The second-order valence-corrected chi connectivity index (χ2v) is 4.36. The molecular weight excluding hydrogens is 150 g/mol. The molecule has 0 bridgehead atoms. The summed E-state index contributed by atoms with van der Waals surface area (Å²) >= 11 is 0. The number of nitrogens with zero attached hydrogens (tertiary/aromatic N) is 2. The van der Waals surface area contributed by atoms with Crippen molar-refractivity contribution < 1.29 is 0 Å². The van der Waals surface area contributed by atoms with E-state index in [0.717, 1.165) is 18.7 Å². The number of fused-ring (bicyclic) bond motifs is 1. The molecule has 0 saturated heterocycles. The van der Waals surface area contributed by atoms with Gasteiger partial charge in [-0.15, -0.1) is 0 Å². The van der Waals surface area contributed by atoms with Crippen LogP contribution in [0.4, 0.5) is 5.69 Å². The predicted molar refractivity (Wildman–Crippen MR) is 48.7 cm³/mol. The maximum Gasteiger partial charge on any atom is 0.0733 e. The SMILES string of the molecule is CC1(C)CCn2ncc(N)c2C1. The molecule has 0 unspecified atom stereocenters. The standard InChI is InChI=1S/C9H15N3/c1-9(2)3-4-12-8(5-9)7(10)6-11-12/h6H,3-5,10H2,1-2H3. The first-order valence-electron chi connectivity index (χ1n) is 4.39. The first kappa shape index (κ1) is 7.65. The Labute approximate surface area is 72.6 Å². The summed E-state index contributed by atoms with van der Waals surface area (Å²) in [5.74, 6) is 0. The van der Waals surface area contributed by atoms with Crippen molar-refractivity contribution in [3.8, 4) is 0 Å². The Hall–Kier alpha value is -0.990. The Morgan fingerprint density at radius 3 is 3.08 bits per heavy atom. The van der Waals surface area contributed by atoms with Crippen LogP contribution >= 0.6 is 0 Å². The highest BCUT2D eigenvalue weighted by Gasteiger charge is 2.27. The Kier molecular flexibility index (Phi) is 1.43. The van der Waals surface area contributed by atoms with Gasteiger partial charge in [-0.1, -0.05) is 13.8 Å². The van der Waals surface area contributed by atoms with Crippen LogP contribution in [0.2, 0.25) is 0 Å². The van der Waals surface area contributed by atoms with E-state index in [2.05, 4.69) is 18.9 Å². The fourth-order valence-electron chi connectivity index (χ4n) is 1.76. The third-order valence-corrected chi connectivity index (χ3v) is 2.63. The van der Waals surface area contributed by atoms with Crippen LogP contribution in [0.5, 0.6) is 0 Å². The van der Waals surface area contributed by atoms with E-state index in [-0.39, 0.29) is 0 Å². The van der Waals surface area contributed by atoms with Gasteiger partial charge in [0.05, 0.1) is 17.6 Å². The summed E-state index contributed by atoms with van der Waals surface area (Å²) in [6.45, 7) is 5.57. The lowest BCUT2D eigenvalue weighted by molar-refractivity contribution is 0.261. The molecule has 0 amide bonds. The molecule has 2 heterocycles. The van der Waals surface area contributed by atoms with Crippen LogP contribution in [-0.2, 0) is 13.0 Å². The highest BCUT2D eigenvalue weighted by atomic mass is 15.3. The topological polar surface area (TPSA) is 43.8 Å². The summed E-state index contributed by atoms with van der Waals surface area (Å²) in [4.78, 5) is 0. The van der Waals surface area contributed by atoms with Crippen LogP contribution in [0.3, 0.4) is 0 Å². The minimum atomic E-state index is 0.393. The molecule has 2 rings (SSSR count). The molecule has 3 nitrogen and oxygen atoms in total. The van der Waals surface area contributed by atoms with E-state index in [1.807, 2.05) is 4.68 Å². The second kappa shape index (κ2) is 2.25. The summed E-state index contributed by atoms with van der Waals surface area (Å²) in [6.07, 6.45) is 4.01. The van der Waals surface area contributed by atoms with Crippen molar-refractivity contribution in [1.82, 2.24) is 9.78 Å². The summed E-state index contributed by atoms with van der Waals surface area (Å²) in [7, 11) is 0. The fraction of sp³-hybridized carbons (Fsp3) is 0.667. The van der Waals surface area contributed by atoms with Gasteiger partial charge in [-0.05, 0) is 18.3 Å². The summed E-state index contributed by atoms with van der Waals surface area (Å²) < 4.78 is 2.03. The van der Waals surface area contributed by atoms with Crippen molar-refractivity contribution in [3.63, 3.8) is 0 Å². The lowest BCUT2D eigenvalue weighted by Crippen LogP contribution is -2.26. The number of nitrogen functional groups attached to an aromatic ring is 1. The van der Waals surface area contributed by atoms with Gasteiger partial charge in [0.15, 0.2) is 0 Å². The number of aromatic nitrogens is 2. The lowest BCUT2D eigenvalue weighted by atomic mass is 9.82. The summed E-state index contributed by atoms with van der Waals surface area (Å²) in [5.41, 5.74) is 8.26. The maximum atomic E-state index is 5.80. The minimum Gasteiger partial charge on any atom is -0.396 e. The zero-order valence-corrected chi connectivity index (χ0v) is 7.67. The molecule has 0 fully saturated rings. The van der Waals surface area contributed by atoms with E-state index >= 15 is 0 Å². The smallest absolute Gasteiger partial charge is 0.0733 e. The number of hydrogen-bond acceptors (Lipinski definition) is 2. The third-order valence-electron chi connectivity index (χ3n) is 2.63. The van der Waals surface area contributed by atoms with Crippen LogP contribution in [0.15, 0.2) is 6.20 Å². The van der Waals surface area contributed by atoms with E-state index in [9.17, 15) is 0 Å². The highest BCUT2D eigenvalue weighted by molar-refractivity contribution is 5.41. The first-order valence-corrected chi connectivity index (χ1v) is 4.39. The maximum absolute atomic E-state index is 5.80. The van der Waals surface area contributed by atoms with E-state index in [4.69, 9.17) is 5.73 Å². The predicted octanol–water partition coefficient (Wildman–Crippen LogP) is 1.44. The molecule has 0 saturated carbocycles. The average molecular weight is 165 g/mol. The van der Waals surface area contributed by atoms with Crippen molar-refractivity contribution in [2.45, 2.75) is 33.2 Å². The molecule has 0 aromatic carbocycles. The van der Waals surface area contributed by atoms with Gasteiger partial charge >= 0.3 is 0 Å². The van der Waals surface area contributed by atoms with E-state index < -0.39 is 0 Å². The van der Waals surface area contributed by atoms with Crippen LogP contribution in [-0.4, -0.2) is 9.78 Å². The molecular formula is C9H15N3. The Balaban J connectivity index is 2.38. The molecule has 0 aliphatic carbocycles. The summed E-state index contributed by atoms with van der Waals surface area (Å²) in [5, 5.41) is 4.21. The first-order chi connectivity index (χ1) is 5.58. The zero-order valence-electron chi connectivity index (χ0n) is 7.67. The molecule has 1 aliphatic rings. The lowest BCUT2D eigenvalue weighted by Gasteiger charge is -2.30. The Morgan fingerprint density at radius 1 is 1.58 bits per heavy atom. The normalized spacial score (nSPS) is 20.5. The molecule has 1 aromatic rings. The number of hydrogen-bond donors (Lipinski definition) is 1. The van der Waals surface area contributed by atoms with Crippen LogP contribution in [0.25, 0.3) is 0 Å². The van der Waals surface area contributed by atoms with Crippen molar-refractivity contribution in [2.24, 2.45) is 5.41 Å². The number of anilines is 1. The Morgan fingerprint density at radius 2 is 2.33 bits per heavy atom. The minimum absolute atomic E-state index is 0.393. The fourth-order valence-corrected chi connectivity index (χ4v) is 1.76. The molecule has 66 valence electrons. The molecule has 0 radical (unpaired) electrons. The van der Waals surface area contributed by atoms with E-state index in [1.165, 1.54) is 12.1 Å². The van der Waals surface area contributed by atoms with Crippen molar-refractivity contribution in [3.05, 3.63) is 11.9 Å². The Bertz CT molecular complexity index is 299. The van der Waals surface area contributed by atoms with Gasteiger partial charge < -0.3 is 5.73 Å². The van der Waals surface area contributed by atoms with Crippen molar-refractivity contribution in [1.29, 1.82) is 0 Å². The zero-order chi connectivity index (χ0) is 8.77. The molecule has 3 heteroatoms. The number of nitrogens with two attached hydrogens (primary N) is 1. The highest BCUT2D eigenvalue weighted by Crippen LogP contribution is 2.33. The van der Waals surface area contributed by atoms with Crippen LogP contribution in [0.1, 0.15) is 26.0 Å². The molecule has 12 heavy (non-hydrogen) atoms. The van der Waals surface area contributed by atoms with Crippen LogP contribution < -0.4 is 5.73 Å². The number of aryl methyl sites for hydroxylation is 1.